The number of aryl methyl sites for hydroxylation is 3. The highest BCUT2D eigenvalue weighted by Crippen LogP contribution is 2.25. The first kappa shape index (κ1) is 19.5. The highest BCUT2D eigenvalue weighted by Gasteiger charge is 2.30. The number of aromatic nitrogens is 5. The number of hydrogen-bond acceptors (Lipinski definition) is 7. The predicted octanol–water partition coefficient (Wildman–Crippen LogP) is 1.49. The minimum absolute atomic E-state index is 0.393. The molecule has 9 nitrogen and oxygen atoms in total. The highest BCUT2D eigenvalue weighted by atomic mass is 32.2. The van der Waals surface area contributed by atoms with Crippen molar-refractivity contribution < 1.29 is 8.42 Å². The lowest BCUT2D eigenvalue weighted by atomic mass is 10.1. The number of rotatable bonds is 4. The second-order valence-electron chi connectivity index (χ2n) is 7.17. The van der Waals surface area contributed by atoms with Gasteiger partial charge < -0.3 is 4.90 Å². The molecule has 1 aliphatic rings. The molecule has 0 amide bonds. The standard InChI is InChI=1S/C19H23N7O2S/c1-14-8-16(3)17(9-15(14)2)29(27,28)25-6-4-24(5-7-25)18-10-19(22-12-21-18)26-13-20-11-23-26/h8-13H,4-7H2,1-3H3. The maximum absolute atomic E-state index is 13.2. The number of sulfonamides is 1. The summed E-state index contributed by atoms with van der Waals surface area (Å²) in [6, 6.07) is 5.54. The Hall–Kier alpha value is -2.85. The fourth-order valence-corrected chi connectivity index (χ4v) is 5.18. The fourth-order valence-electron chi connectivity index (χ4n) is 3.47. The van der Waals surface area contributed by atoms with Crippen molar-refractivity contribution in [2.45, 2.75) is 25.7 Å². The van der Waals surface area contributed by atoms with Crippen LogP contribution in [0.4, 0.5) is 5.82 Å². The molecule has 1 saturated heterocycles. The van der Waals surface area contributed by atoms with Crippen molar-refractivity contribution in [2.24, 2.45) is 0 Å². The highest BCUT2D eigenvalue weighted by molar-refractivity contribution is 7.89. The second kappa shape index (κ2) is 7.53. The molecule has 152 valence electrons. The summed E-state index contributed by atoms with van der Waals surface area (Å²) < 4.78 is 29.5. The van der Waals surface area contributed by atoms with Crippen LogP contribution in [-0.2, 0) is 10.0 Å². The van der Waals surface area contributed by atoms with Crippen LogP contribution in [0.1, 0.15) is 16.7 Å². The summed E-state index contributed by atoms with van der Waals surface area (Å²) in [5, 5.41) is 4.08. The van der Waals surface area contributed by atoms with Gasteiger partial charge in [-0.3, -0.25) is 0 Å². The second-order valence-corrected chi connectivity index (χ2v) is 9.07. The summed E-state index contributed by atoms with van der Waals surface area (Å²) in [7, 11) is -3.53. The van der Waals surface area contributed by atoms with Crippen LogP contribution in [0.3, 0.4) is 0 Å². The molecular weight excluding hydrogens is 390 g/mol. The first-order valence-electron chi connectivity index (χ1n) is 9.36. The molecule has 1 aromatic carbocycles. The zero-order valence-corrected chi connectivity index (χ0v) is 17.5. The van der Waals surface area contributed by atoms with Crippen molar-refractivity contribution in [2.75, 3.05) is 31.1 Å². The van der Waals surface area contributed by atoms with E-state index in [1.807, 2.05) is 32.9 Å². The summed E-state index contributed by atoms with van der Waals surface area (Å²) >= 11 is 0. The summed E-state index contributed by atoms with van der Waals surface area (Å²) in [6.45, 7) is 7.69. The van der Waals surface area contributed by atoms with Gasteiger partial charge in [0.15, 0.2) is 5.82 Å². The maximum atomic E-state index is 13.2. The van der Waals surface area contributed by atoms with Gasteiger partial charge in [-0.15, -0.1) is 0 Å². The van der Waals surface area contributed by atoms with Gasteiger partial charge in [-0.25, -0.2) is 28.1 Å². The van der Waals surface area contributed by atoms with Crippen LogP contribution in [-0.4, -0.2) is 63.6 Å². The molecule has 0 unspecified atom stereocenters. The van der Waals surface area contributed by atoms with E-state index in [-0.39, 0.29) is 0 Å². The topological polar surface area (TPSA) is 97.1 Å². The lowest BCUT2D eigenvalue weighted by molar-refractivity contribution is 0.383. The average molecular weight is 414 g/mol. The summed E-state index contributed by atoms with van der Waals surface area (Å²) in [5.41, 5.74) is 2.86. The van der Waals surface area contributed by atoms with E-state index in [2.05, 4.69) is 25.0 Å². The van der Waals surface area contributed by atoms with E-state index >= 15 is 0 Å². The van der Waals surface area contributed by atoms with Gasteiger partial charge in [-0.2, -0.15) is 9.40 Å². The van der Waals surface area contributed by atoms with Crippen molar-refractivity contribution in [3.05, 3.63) is 53.9 Å². The van der Waals surface area contributed by atoms with Gasteiger partial charge in [-0.1, -0.05) is 6.07 Å². The molecule has 0 atom stereocenters. The molecule has 3 aromatic rings. The fraction of sp³-hybridized carbons (Fsp3) is 0.368. The zero-order valence-electron chi connectivity index (χ0n) is 16.6. The van der Waals surface area contributed by atoms with Gasteiger partial charge in [0.1, 0.15) is 24.8 Å². The molecule has 29 heavy (non-hydrogen) atoms. The zero-order chi connectivity index (χ0) is 20.6. The number of piperazine rings is 1. The van der Waals surface area contributed by atoms with Crippen LogP contribution >= 0.6 is 0 Å². The Morgan fingerprint density at radius 1 is 0.828 bits per heavy atom. The minimum atomic E-state index is -3.53. The van der Waals surface area contributed by atoms with Crippen LogP contribution in [0, 0.1) is 20.8 Å². The third kappa shape index (κ3) is 3.73. The minimum Gasteiger partial charge on any atom is -0.354 e. The molecule has 0 N–H and O–H groups in total. The lowest BCUT2D eigenvalue weighted by Crippen LogP contribution is -2.49. The number of hydrogen-bond donors (Lipinski definition) is 0. The van der Waals surface area contributed by atoms with Gasteiger partial charge in [0, 0.05) is 32.2 Å². The molecule has 0 bridgehead atoms. The SMILES string of the molecule is Cc1cc(C)c(S(=O)(=O)N2CCN(c3cc(-n4cncn4)ncn3)CC2)cc1C. The molecule has 2 aromatic heterocycles. The first-order valence-corrected chi connectivity index (χ1v) is 10.8. The average Bonchev–Trinajstić information content (AvgIpc) is 3.26. The molecule has 0 aliphatic carbocycles. The Bertz CT molecular complexity index is 1120. The van der Waals surface area contributed by atoms with E-state index in [9.17, 15) is 8.42 Å². The Kier molecular flexibility index (Phi) is 5.05. The molecule has 0 radical (unpaired) electrons. The molecular formula is C19H23N7O2S. The van der Waals surface area contributed by atoms with Gasteiger partial charge in [0.05, 0.1) is 4.90 Å². The number of benzene rings is 1. The smallest absolute Gasteiger partial charge is 0.243 e. The molecule has 0 spiro atoms. The van der Waals surface area contributed by atoms with E-state index in [1.54, 1.807) is 21.4 Å². The number of anilines is 1. The van der Waals surface area contributed by atoms with E-state index in [0.29, 0.717) is 36.9 Å². The van der Waals surface area contributed by atoms with E-state index < -0.39 is 10.0 Å². The Balaban J connectivity index is 1.51. The van der Waals surface area contributed by atoms with Crippen LogP contribution in [0.15, 0.2) is 42.1 Å². The number of nitrogens with zero attached hydrogens (tertiary/aromatic N) is 7. The van der Waals surface area contributed by atoms with E-state index in [4.69, 9.17) is 0 Å². The first-order chi connectivity index (χ1) is 13.9. The monoisotopic (exact) mass is 413 g/mol. The Morgan fingerprint density at radius 3 is 2.21 bits per heavy atom. The van der Waals surface area contributed by atoms with Crippen molar-refractivity contribution in [1.29, 1.82) is 0 Å². The summed E-state index contributed by atoms with van der Waals surface area (Å²) in [4.78, 5) is 14.9. The molecule has 3 heterocycles. The van der Waals surface area contributed by atoms with Crippen molar-refractivity contribution >= 4 is 15.8 Å². The quantitative estimate of drug-likeness (QED) is 0.639. The van der Waals surface area contributed by atoms with Gasteiger partial charge >= 0.3 is 0 Å². The largest absolute Gasteiger partial charge is 0.354 e. The van der Waals surface area contributed by atoms with Gasteiger partial charge in [0.2, 0.25) is 10.0 Å². The maximum Gasteiger partial charge on any atom is 0.243 e. The molecule has 1 fully saturated rings. The van der Waals surface area contributed by atoms with Crippen molar-refractivity contribution in [3.63, 3.8) is 0 Å². The predicted molar refractivity (Wildman–Crippen MR) is 109 cm³/mol. The van der Waals surface area contributed by atoms with Crippen molar-refractivity contribution in [3.8, 4) is 5.82 Å². The molecule has 1 aliphatic heterocycles. The van der Waals surface area contributed by atoms with E-state index in [0.717, 1.165) is 22.5 Å². The normalized spacial score (nSPS) is 15.6. The van der Waals surface area contributed by atoms with Crippen molar-refractivity contribution in [1.82, 2.24) is 29.0 Å². The van der Waals surface area contributed by atoms with Gasteiger partial charge in [0.25, 0.3) is 0 Å². The molecule has 4 rings (SSSR count). The summed E-state index contributed by atoms with van der Waals surface area (Å²) in [6.07, 6.45) is 4.50. The Labute approximate surface area is 170 Å². The third-order valence-corrected chi connectivity index (χ3v) is 7.30. The molecule has 0 saturated carbocycles. The summed E-state index contributed by atoms with van der Waals surface area (Å²) in [5.74, 6) is 1.36. The molecule has 10 heteroatoms. The van der Waals surface area contributed by atoms with Gasteiger partial charge in [-0.05, 0) is 43.5 Å². The van der Waals surface area contributed by atoms with Crippen LogP contribution < -0.4 is 4.90 Å². The Morgan fingerprint density at radius 2 is 1.52 bits per heavy atom. The lowest BCUT2D eigenvalue weighted by Gasteiger charge is -2.35. The third-order valence-electron chi connectivity index (χ3n) is 5.26. The van der Waals surface area contributed by atoms with Crippen LogP contribution in [0.5, 0.6) is 0 Å². The van der Waals surface area contributed by atoms with Crippen LogP contribution in [0.2, 0.25) is 0 Å². The van der Waals surface area contributed by atoms with Crippen LogP contribution in [0.25, 0.3) is 5.82 Å². The van der Waals surface area contributed by atoms with E-state index in [1.165, 1.54) is 12.7 Å².